The molecule has 70 valence electrons. The topological polar surface area (TPSA) is 69.1 Å². The first-order valence-electron chi connectivity index (χ1n) is 3.31. The fraction of sp³-hybridized carbons (Fsp3) is 0.286. The molecule has 0 spiro atoms. The van der Waals surface area contributed by atoms with Crippen molar-refractivity contribution in [2.45, 2.75) is 0 Å². The van der Waals surface area contributed by atoms with E-state index in [1.807, 2.05) is 0 Å². The number of carbonyl (C=O) groups excluding carboxylic acids is 1. The molecular weight excluding hydrogens is 192 g/mol. The van der Waals surface area contributed by atoms with E-state index >= 15 is 0 Å². The Kier molecular flexibility index (Phi) is 5.12. The summed E-state index contributed by atoms with van der Waals surface area (Å²) >= 11 is 0. The Morgan fingerprint density at radius 2 is 1.83 bits per heavy atom. The predicted octanol–water partition coefficient (Wildman–Crippen LogP) is 1.76. The van der Waals surface area contributed by atoms with Gasteiger partial charge < -0.3 is 5.73 Å². The Balaban J connectivity index is 4.60. The summed E-state index contributed by atoms with van der Waals surface area (Å²) in [7, 11) is -0.613. The quantitative estimate of drug-likeness (QED) is 0.409. The highest BCUT2D eigenvalue weighted by molar-refractivity contribution is 8.99. The lowest BCUT2D eigenvalue weighted by Crippen LogP contribution is -2.22. The van der Waals surface area contributed by atoms with Crippen LogP contribution >= 0.6 is 20.0 Å². The van der Waals surface area contributed by atoms with Crippen molar-refractivity contribution in [3.8, 4) is 0 Å². The van der Waals surface area contributed by atoms with Gasteiger partial charge in [0, 0.05) is 11.5 Å². The van der Waals surface area contributed by atoms with Crippen molar-refractivity contribution >= 4 is 25.3 Å². The molecule has 0 rings (SSSR count). The maximum Gasteiger partial charge on any atom is 0.269 e. The van der Waals surface area contributed by atoms with E-state index < -0.39 is 9.06 Å². The van der Waals surface area contributed by atoms with Gasteiger partial charge in [-0.05, 0) is 11.0 Å². The molecule has 0 aromatic heterocycles. The Labute approximate surface area is 78.1 Å². The maximum absolute atomic E-state index is 11.1. The Morgan fingerprint density at radius 3 is 2.00 bits per heavy atom. The van der Waals surface area contributed by atoms with Crippen molar-refractivity contribution in [1.29, 1.82) is 0 Å². The van der Waals surface area contributed by atoms with E-state index in [1.54, 1.807) is 12.2 Å². The molecule has 0 atom stereocenters. The number of primary amides is 1. The molecule has 0 saturated heterocycles. The van der Waals surface area contributed by atoms with Crippen LogP contribution in [0.5, 0.6) is 0 Å². The Morgan fingerprint density at radius 1 is 1.42 bits per heavy atom. The van der Waals surface area contributed by atoms with E-state index in [0.29, 0.717) is 11.5 Å². The standard InChI is InChI=1S/C7H14N2OS2/c1-3-5-12(11-9,6-4-2)7(8)10/h3-4H,1-2,5-6,9H2,(H2,8,10). The third-order valence-corrected chi connectivity index (χ3v) is 6.39. The van der Waals surface area contributed by atoms with Crippen LogP contribution in [0.3, 0.4) is 0 Å². The Hall–Kier alpha value is -0.390. The van der Waals surface area contributed by atoms with E-state index in [-0.39, 0.29) is 5.24 Å². The first kappa shape index (κ1) is 11.6. The van der Waals surface area contributed by atoms with Crippen LogP contribution in [0.15, 0.2) is 25.3 Å². The fourth-order valence-corrected chi connectivity index (χ4v) is 3.55. The van der Waals surface area contributed by atoms with Crippen molar-refractivity contribution in [2.24, 2.45) is 10.9 Å². The normalized spacial score (nSPS) is 12.1. The van der Waals surface area contributed by atoms with E-state index in [1.165, 1.54) is 0 Å². The monoisotopic (exact) mass is 206 g/mol. The van der Waals surface area contributed by atoms with Crippen LogP contribution in [0.1, 0.15) is 0 Å². The number of nitrogens with two attached hydrogens (primary N) is 2. The molecule has 0 aliphatic carbocycles. The molecule has 0 aromatic carbocycles. The van der Waals surface area contributed by atoms with E-state index in [9.17, 15) is 4.79 Å². The van der Waals surface area contributed by atoms with Crippen molar-refractivity contribution in [3.63, 3.8) is 0 Å². The van der Waals surface area contributed by atoms with Gasteiger partial charge in [0.05, 0.1) is 0 Å². The molecule has 0 fully saturated rings. The summed E-state index contributed by atoms with van der Waals surface area (Å²) in [6, 6.07) is 0. The van der Waals surface area contributed by atoms with Gasteiger partial charge in [-0.15, -0.1) is 13.2 Å². The number of rotatable bonds is 5. The molecule has 0 aliphatic rings. The minimum absolute atomic E-state index is 0.338. The minimum atomic E-state index is -1.65. The van der Waals surface area contributed by atoms with E-state index in [4.69, 9.17) is 10.9 Å². The fourth-order valence-electron chi connectivity index (χ4n) is 0.739. The average molecular weight is 206 g/mol. The lowest BCUT2D eigenvalue weighted by molar-refractivity contribution is 0.267. The van der Waals surface area contributed by atoms with Crippen LogP contribution in [0.25, 0.3) is 0 Å². The summed E-state index contributed by atoms with van der Waals surface area (Å²) in [4.78, 5) is 11.1. The second-order valence-corrected chi connectivity index (χ2v) is 7.51. The lowest BCUT2D eigenvalue weighted by atomic mass is 10.8. The van der Waals surface area contributed by atoms with Crippen molar-refractivity contribution < 1.29 is 4.79 Å². The summed E-state index contributed by atoms with van der Waals surface area (Å²) in [5, 5.41) is 5.10. The molecule has 0 saturated carbocycles. The van der Waals surface area contributed by atoms with Crippen LogP contribution in [-0.2, 0) is 0 Å². The SMILES string of the molecule is C=CCS(CC=C)(SN)C(N)=O. The maximum atomic E-state index is 11.1. The van der Waals surface area contributed by atoms with E-state index in [0.717, 1.165) is 11.0 Å². The zero-order valence-corrected chi connectivity index (χ0v) is 8.50. The molecule has 0 radical (unpaired) electrons. The zero-order chi connectivity index (χ0) is 9.61. The molecule has 0 unspecified atom stereocenters. The van der Waals surface area contributed by atoms with Crippen molar-refractivity contribution in [2.75, 3.05) is 11.5 Å². The van der Waals surface area contributed by atoms with Crippen LogP contribution in [0.4, 0.5) is 4.79 Å². The molecular formula is C7H14N2OS2. The second kappa shape index (κ2) is 5.29. The molecule has 4 N–H and O–H groups in total. The molecule has 12 heavy (non-hydrogen) atoms. The van der Waals surface area contributed by atoms with Gasteiger partial charge in [0.2, 0.25) is 0 Å². The molecule has 5 heteroatoms. The third kappa shape index (κ3) is 2.58. The molecule has 0 aliphatic heterocycles. The van der Waals surface area contributed by atoms with Gasteiger partial charge in [-0.1, -0.05) is 21.2 Å². The van der Waals surface area contributed by atoms with Gasteiger partial charge in [0.15, 0.2) is 0 Å². The number of amides is 1. The third-order valence-electron chi connectivity index (χ3n) is 1.33. The van der Waals surface area contributed by atoms with Gasteiger partial charge in [-0.25, -0.2) is 0 Å². The largest absolute Gasteiger partial charge is 0.361 e. The summed E-state index contributed by atoms with van der Waals surface area (Å²) in [5.41, 5.74) is 5.26. The molecule has 0 heterocycles. The van der Waals surface area contributed by atoms with Crippen LogP contribution in [-0.4, -0.2) is 16.7 Å². The number of hydrogen-bond acceptors (Lipinski definition) is 3. The molecule has 1 amide bonds. The van der Waals surface area contributed by atoms with Crippen molar-refractivity contribution in [1.82, 2.24) is 0 Å². The highest BCUT2D eigenvalue weighted by Gasteiger charge is 2.27. The zero-order valence-electron chi connectivity index (χ0n) is 6.86. The van der Waals surface area contributed by atoms with Gasteiger partial charge in [0.1, 0.15) is 0 Å². The molecule has 3 nitrogen and oxygen atoms in total. The lowest BCUT2D eigenvalue weighted by Gasteiger charge is -2.30. The van der Waals surface area contributed by atoms with Crippen molar-refractivity contribution in [3.05, 3.63) is 25.3 Å². The van der Waals surface area contributed by atoms with Gasteiger partial charge in [-0.2, -0.15) is 0 Å². The van der Waals surface area contributed by atoms with Gasteiger partial charge in [-0.3, -0.25) is 9.93 Å². The van der Waals surface area contributed by atoms with Gasteiger partial charge in [0.25, 0.3) is 5.24 Å². The first-order valence-corrected chi connectivity index (χ1v) is 6.68. The summed E-state index contributed by atoms with van der Waals surface area (Å²) in [6.07, 6.45) is 3.34. The van der Waals surface area contributed by atoms with Crippen LogP contribution in [0, 0.1) is 0 Å². The smallest absolute Gasteiger partial charge is 0.269 e. The van der Waals surface area contributed by atoms with Crippen LogP contribution < -0.4 is 10.9 Å². The molecule has 0 aromatic rings. The summed E-state index contributed by atoms with van der Waals surface area (Å²) in [5.74, 6) is 1.10. The number of carbonyl (C=O) groups is 1. The average Bonchev–Trinajstić information content (AvgIpc) is 2.03. The van der Waals surface area contributed by atoms with Gasteiger partial charge >= 0.3 is 0 Å². The molecule has 0 bridgehead atoms. The number of hydrogen-bond donors (Lipinski definition) is 2. The summed E-state index contributed by atoms with van der Waals surface area (Å²) < 4.78 is 0. The summed E-state index contributed by atoms with van der Waals surface area (Å²) in [6.45, 7) is 7.14. The second-order valence-electron chi connectivity index (χ2n) is 2.14. The first-order chi connectivity index (χ1) is 5.63. The highest BCUT2D eigenvalue weighted by atomic mass is 33.2. The highest BCUT2D eigenvalue weighted by Crippen LogP contribution is 2.56. The predicted molar refractivity (Wildman–Crippen MR) is 59.1 cm³/mol. The Bertz CT molecular complexity index is 184. The minimum Gasteiger partial charge on any atom is -0.361 e. The van der Waals surface area contributed by atoms with Crippen LogP contribution in [0.2, 0.25) is 0 Å². The van der Waals surface area contributed by atoms with E-state index in [2.05, 4.69) is 13.2 Å².